The van der Waals surface area contributed by atoms with Crippen LogP contribution in [0, 0.1) is 13.8 Å². The summed E-state index contributed by atoms with van der Waals surface area (Å²) in [6.45, 7) is 4.65. The molecule has 68 valence electrons. The first-order valence-electron chi connectivity index (χ1n) is 3.61. The van der Waals surface area contributed by atoms with Crippen molar-refractivity contribution in [2.75, 3.05) is 0 Å². The number of hydrogen-bond donors (Lipinski definition) is 1. The zero-order valence-electron chi connectivity index (χ0n) is 7.23. The van der Waals surface area contributed by atoms with Crippen LogP contribution in [0.2, 0.25) is 5.02 Å². The van der Waals surface area contributed by atoms with Gasteiger partial charge in [0.2, 0.25) is 0 Å². The van der Waals surface area contributed by atoms with Crippen molar-refractivity contribution in [3.63, 3.8) is 0 Å². The summed E-state index contributed by atoms with van der Waals surface area (Å²) in [5.41, 5.74) is 9.12. The molecule has 0 unspecified atom stereocenters. The Bertz CT molecular complexity index is 248. The van der Waals surface area contributed by atoms with Gasteiger partial charge in [0.1, 0.15) is 0 Å². The van der Waals surface area contributed by atoms with E-state index in [1.807, 2.05) is 26.0 Å². The van der Waals surface area contributed by atoms with E-state index < -0.39 is 0 Å². The van der Waals surface area contributed by atoms with Gasteiger partial charge in [0.25, 0.3) is 0 Å². The number of benzene rings is 1. The van der Waals surface area contributed by atoms with Crippen LogP contribution in [0.15, 0.2) is 12.1 Å². The molecule has 12 heavy (non-hydrogen) atoms. The smallest absolute Gasteiger partial charge is 0.0411 e. The number of halogens is 2. The molecule has 0 saturated heterocycles. The van der Waals surface area contributed by atoms with Crippen molar-refractivity contribution < 1.29 is 0 Å². The summed E-state index contributed by atoms with van der Waals surface area (Å²) in [5.74, 6) is 0. The minimum Gasteiger partial charge on any atom is -0.326 e. The highest BCUT2D eigenvalue weighted by Gasteiger charge is 2.00. The fourth-order valence-electron chi connectivity index (χ4n) is 1.26. The normalized spacial score (nSPS) is 9.33. The van der Waals surface area contributed by atoms with Crippen LogP contribution in [-0.2, 0) is 6.54 Å². The lowest BCUT2D eigenvalue weighted by atomic mass is 10.0. The summed E-state index contributed by atoms with van der Waals surface area (Å²) in [4.78, 5) is 0. The molecule has 0 saturated carbocycles. The minimum atomic E-state index is 0. The van der Waals surface area contributed by atoms with E-state index in [0.717, 1.165) is 5.02 Å². The Kier molecular flexibility index (Phi) is 4.61. The molecule has 0 amide bonds. The molecule has 0 aliphatic heterocycles. The van der Waals surface area contributed by atoms with Gasteiger partial charge in [-0.15, -0.1) is 12.4 Å². The molecule has 0 bridgehead atoms. The third-order valence-electron chi connectivity index (χ3n) is 1.86. The van der Waals surface area contributed by atoms with Gasteiger partial charge in [-0.05, 0) is 42.7 Å². The van der Waals surface area contributed by atoms with E-state index in [1.54, 1.807) is 0 Å². The highest BCUT2D eigenvalue weighted by molar-refractivity contribution is 6.30. The van der Waals surface area contributed by atoms with Gasteiger partial charge in [-0.3, -0.25) is 0 Å². The van der Waals surface area contributed by atoms with Crippen molar-refractivity contribution >= 4 is 24.0 Å². The van der Waals surface area contributed by atoms with E-state index in [0.29, 0.717) is 6.54 Å². The second-order valence-corrected chi connectivity index (χ2v) is 3.16. The lowest BCUT2D eigenvalue weighted by Crippen LogP contribution is -2.01. The second kappa shape index (κ2) is 4.70. The maximum absolute atomic E-state index is 5.84. The third kappa shape index (κ3) is 2.37. The van der Waals surface area contributed by atoms with Crippen LogP contribution in [0.25, 0.3) is 0 Å². The van der Waals surface area contributed by atoms with Crippen molar-refractivity contribution in [2.45, 2.75) is 20.4 Å². The second-order valence-electron chi connectivity index (χ2n) is 2.72. The molecule has 1 aromatic carbocycles. The fourth-order valence-corrected chi connectivity index (χ4v) is 1.59. The predicted octanol–water partition coefficient (Wildman–Crippen LogP) is 2.84. The van der Waals surface area contributed by atoms with E-state index in [1.165, 1.54) is 16.7 Å². The summed E-state index contributed by atoms with van der Waals surface area (Å²) >= 11 is 5.84. The minimum absolute atomic E-state index is 0. The maximum atomic E-state index is 5.84. The summed E-state index contributed by atoms with van der Waals surface area (Å²) in [6, 6.07) is 3.88. The Morgan fingerprint density at radius 2 is 1.67 bits per heavy atom. The van der Waals surface area contributed by atoms with E-state index in [9.17, 15) is 0 Å². The summed E-state index contributed by atoms with van der Waals surface area (Å²) in [6.07, 6.45) is 0. The van der Waals surface area contributed by atoms with E-state index in [4.69, 9.17) is 17.3 Å². The number of nitrogens with two attached hydrogens (primary N) is 1. The first kappa shape index (κ1) is 11.8. The Hall–Kier alpha value is -0.240. The molecular weight excluding hydrogens is 193 g/mol. The molecule has 0 spiro atoms. The average molecular weight is 206 g/mol. The zero-order valence-corrected chi connectivity index (χ0v) is 8.80. The van der Waals surface area contributed by atoms with Crippen LogP contribution in [-0.4, -0.2) is 0 Å². The van der Waals surface area contributed by atoms with E-state index >= 15 is 0 Å². The number of hydrogen-bond acceptors (Lipinski definition) is 1. The lowest BCUT2D eigenvalue weighted by molar-refractivity contribution is 1.03. The third-order valence-corrected chi connectivity index (χ3v) is 2.08. The molecule has 1 nitrogen and oxygen atoms in total. The number of aryl methyl sites for hydroxylation is 2. The van der Waals surface area contributed by atoms with Crippen LogP contribution in [0.3, 0.4) is 0 Å². The average Bonchev–Trinajstić information content (AvgIpc) is 1.85. The topological polar surface area (TPSA) is 26.0 Å². The first-order valence-corrected chi connectivity index (χ1v) is 3.98. The van der Waals surface area contributed by atoms with Crippen LogP contribution in [0.4, 0.5) is 0 Å². The molecule has 1 aromatic rings. The van der Waals surface area contributed by atoms with Crippen molar-refractivity contribution in [3.05, 3.63) is 33.8 Å². The lowest BCUT2D eigenvalue weighted by Gasteiger charge is -2.06. The maximum Gasteiger partial charge on any atom is 0.0411 e. The number of rotatable bonds is 1. The van der Waals surface area contributed by atoms with Gasteiger partial charge in [-0.1, -0.05) is 11.6 Å². The van der Waals surface area contributed by atoms with Crippen molar-refractivity contribution in [2.24, 2.45) is 5.73 Å². The Morgan fingerprint density at radius 3 is 2.00 bits per heavy atom. The molecule has 0 aromatic heterocycles. The van der Waals surface area contributed by atoms with Gasteiger partial charge < -0.3 is 5.73 Å². The molecule has 2 N–H and O–H groups in total. The predicted molar refractivity (Wildman–Crippen MR) is 56.1 cm³/mol. The van der Waals surface area contributed by atoms with Crippen LogP contribution >= 0.6 is 24.0 Å². The first-order chi connectivity index (χ1) is 5.15. The Labute approximate surface area is 84.3 Å². The van der Waals surface area contributed by atoms with E-state index in [-0.39, 0.29) is 12.4 Å². The van der Waals surface area contributed by atoms with Crippen molar-refractivity contribution in [3.8, 4) is 0 Å². The molecule has 0 fully saturated rings. The van der Waals surface area contributed by atoms with Crippen LogP contribution < -0.4 is 5.73 Å². The molecule has 3 heteroatoms. The Morgan fingerprint density at radius 1 is 1.25 bits per heavy atom. The molecule has 1 rings (SSSR count). The zero-order chi connectivity index (χ0) is 8.43. The SMILES string of the molecule is Cc1cc(Cl)cc(C)c1CN.Cl. The summed E-state index contributed by atoms with van der Waals surface area (Å²) in [7, 11) is 0. The molecule has 0 heterocycles. The quantitative estimate of drug-likeness (QED) is 0.751. The molecule has 0 aliphatic carbocycles. The van der Waals surface area contributed by atoms with Gasteiger partial charge >= 0.3 is 0 Å². The largest absolute Gasteiger partial charge is 0.326 e. The highest BCUT2D eigenvalue weighted by Crippen LogP contribution is 2.19. The molecule has 0 atom stereocenters. The van der Waals surface area contributed by atoms with Gasteiger partial charge in [-0.2, -0.15) is 0 Å². The highest BCUT2D eigenvalue weighted by atomic mass is 35.5. The fraction of sp³-hybridized carbons (Fsp3) is 0.333. The standard InChI is InChI=1S/C9H12ClN.ClH/c1-6-3-8(10)4-7(2)9(6)5-11;/h3-4H,5,11H2,1-2H3;1H. The Balaban J connectivity index is 0.00000121. The monoisotopic (exact) mass is 205 g/mol. The van der Waals surface area contributed by atoms with Crippen molar-refractivity contribution in [1.82, 2.24) is 0 Å². The van der Waals surface area contributed by atoms with Gasteiger partial charge in [0.15, 0.2) is 0 Å². The van der Waals surface area contributed by atoms with Gasteiger partial charge in [0.05, 0.1) is 0 Å². The van der Waals surface area contributed by atoms with Crippen molar-refractivity contribution in [1.29, 1.82) is 0 Å². The van der Waals surface area contributed by atoms with E-state index in [2.05, 4.69) is 0 Å². The molecule has 0 radical (unpaired) electrons. The summed E-state index contributed by atoms with van der Waals surface area (Å²) in [5, 5.41) is 0.789. The van der Waals surface area contributed by atoms with Crippen LogP contribution in [0.5, 0.6) is 0 Å². The van der Waals surface area contributed by atoms with Gasteiger partial charge in [-0.25, -0.2) is 0 Å². The van der Waals surface area contributed by atoms with Gasteiger partial charge in [0, 0.05) is 11.6 Å². The summed E-state index contributed by atoms with van der Waals surface area (Å²) < 4.78 is 0. The molecule has 0 aliphatic rings. The van der Waals surface area contributed by atoms with Crippen LogP contribution in [0.1, 0.15) is 16.7 Å². The molecular formula is C9H13Cl2N.